The molecule has 0 aliphatic carbocycles. The maximum Gasteiger partial charge on any atom is 0.0618 e. The van der Waals surface area contributed by atoms with Crippen LogP contribution in [0.4, 0.5) is 34.1 Å². The van der Waals surface area contributed by atoms with Crippen LogP contribution in [-0.4, -0.2) is 0 Å². The van der Waals surface area contributed by atoms with Crippen LogP contribution >= 0.6 is 0 Å². The summed E-state index contributed by atoms with van der Waals surface area (Å²) in [6.45, 7) is 4.31. The normalized spacial score (nSPS) is 11.6. The molecule has 0 atom stereocenters. The van der Waals surface area contributed by atoms with Crippen LogP contribution in [0.2, 0.25) is 0 Å². The number of rotatable bonds is 14. The summed E-state index contributed by atoms with van der Waals surface area (Å²) in [6, 6.07) is 113. The molecule has 2 heteroatoms. The monoisotopic (exact) mass is 1100 g/mol. The molecule has 0 aromatic heterocycles. The number of benzene rings is 15. The third-order valence-electron chi connectivity index (χ3n) is 17.7. The lowest BCUT2D eigenvalue weighted by molar-refractivity contribution is 0.959. The van der Waals surface area contributed by atoms with Gasteiger partial charge in [-0.25, -0.2) is 0 Å². The zero-order chi connectivity index (χ0) is 57.5. The van der Waals surface area contributed by atoms with Crippen molar-refractivity contribution < 1.29 is 0 Å². The van der Waals surface area contributed by atoms with Crippen molar-refractivity contribution >= 4 is 98.8 Å². The molecular weight excluding hydrogens is 1040 g/mol. The van der Waals surface area contributed by atoms with Gasteiger partial charge in [0.1, 0.15) is 0 Å². The molecule has 0 bridgehead atoms. The van der Waals surface area contributed by atoms with Crippen molar-refractivity contribution in [2.75, 3.05) is 9.80 Å². The van der Waals surface area contributed by atoms with Gasteiger partial charge in [-0.05, 0) is 193 Å². The summed E-state index contributed by atoms with van der Waals surface area (Å²) in [4.78, 5) is 4.94. The van der Waals surface area contributed by atoms with Crippen LogP contribution in [0.3, 0.4) is 0 Å². The Labute approximate surface area is 504 Å². The van der Waals surface area contributed by atoms with Crippen molar-refractivity contribution in [1.29, 1.82) is 0 Å². The van der Waals surface area contributed by atoms with Gasteiger partial charge >= 0.3 is 0 Å². The number of hydrogen-bond donors (Lipinski definition) is 0. The van der Waals surface area contributed by atoms with Gasteiger partial charge in [-0.3, -0.25) is 0 Å². The van der Waals surface area contributed by atoms with E-state index in [1.54, 1.807) is 0 Å². The second kappa shape index (κ2) is 22.6. The number of fused-ring (bicyclic) bond motifs is 6. The summed E-state index contributed by atoms with van der Waals surface area (Å²) in [5, 5.41) is 14.5. The SMILES string of the molecule is Cc1ccc(CCc2ccc(N(c3ccccc3)c3cccc4c(-c5c6ccccc6c(-c6c7ccccc7c(N(c7ccccc7)c7ccc(CCc8ccc(C)cc8)cc7)c7ccccc67)c6ccccc56)c5ccccc5cc34)cc2)cc1. The van der Waals surface area contributed by atoms with E-state index in [-0.39, 0.29) is 0 Å². The molecule has 0 aliphatic heterocycles. The Bertz CT molecular complexity index is 4770. The smallest absolute Gasteiger partial charge is 0.0618 e. The van der Waals surface area contributed by atoms with Gasteiger partial charge in [-0.1, -0.05) is 254 Å². The van der Waals surface area contributed by atoms with Gasteiger partial charge in [0, 0.05) is 38.9 Å². The summed E-state index contributed by atoms with van der Waals surface area (Å²) in [7, 11) is 0. The van der Waals surface area contributed by atoms with Gasteiger partial charge in [0.2, 0.25) is 0 Å². The molecule has 0 spiro atoms. The van der Waals surface area contributed by atoms with Crippen molar-refractivity contribution in [3.63, 3.8) is 0 Å². The maximum absolute atomic E-state index is 2.49. The van der Waals surface area contributed by atoms with E-state index in [1.807, 2.05) is 0 Å². The van der Waals surface area contributed by atoms with E-state index in [4.69, 9.17) is 0 Å². The molecule has 410 valence electrons. The summed E-state index contributed by atoms with van der Waals surface area (Å²) >= 11 is 0. The van der Waals surface area contributed by atoms with E-state index < -0.39 is 0 Å². The van der Waals surface area contributed by atoms with Crippen LogP contribution in [0.1, 0.15) is 33.4 Å². The first-order valence-electron chi connectivity index (χ1n) is 30.3. The number of hydrogen-bond acceptors (Lipinski definition) is 2. The molecule has 0 aliphatic rings. The summed E-state index contributed by atoms with van der Waals surface area (Å²) in [5.74, 6) is 0. The second-order valence-corrected chi connectivity index (χ2v) is 23.1. The number of anilines is 6. The Morgan fingerprint density at radius 1 is 0.221 bits per heavy atom. The van der Waals surface area contributed by atoms with Crippen LogP contribution in [-0.2, 0) is 25.7 Å². The quantitative estimate of drug-likeness (QED) is 0.100. The molecule has 0 radical (unpaired) electrons. The fraction of sp³-hybridized carbons (Fsp3) is 0.0714. The van der Waals surface area contributed by atoms with E-state index in [1.165, 1.54) is 126 Å². The summed E-state index contributed by atoms with van der Waals surface area (Å²) in [6.07, 6.45) is 3.97. The number of aryl methyl sites for hydroxylation is 6. The molecule has 0 unspecified atom stereocenters. The lowest BCUT2D eigenvalue weighted by Gasteiger charge is -2.30. The van der Waals surface area contributed by atoms with Crippen molar-refractivity contribution in [1.82, 2.24) is 0 Å². The number of nitrogens with zero attached hydrogens (tertiary/aromatic N) is 2. The minimum Gasteiger partial charge on any atom is -0.310 e. The summed E-state index contributed by atoms with van der Waals surface area (Å²) < 4.78 is 0. The molecule has 0 N–H and O–H groups in total. The Balaban J connectivity index is 0.921. The molecule has 15 aromatic rings. The van der Waals surface area contributed by atoms with Crippen molar-refractivity contribution in [3.8, 4) is 22.3 Å². The maximum atomic E-state index is 2.49. The fourth-order valence-electron chi connectivity index (χ4n) is 13.5. The zero-order valence-electron chi connectivity index (χ0n) is 48.6. The van der Waals surface area contributed by atoms with Crippen molar-refractivity contribution in [2.24, 2.45) is 0 Å². The third kappa shape index (κ3) is 9.60. The van der Waals surface area contributed by atoms with Crippen LogP contribution in [0.25, 0.3) is 86.9 Å². The number of para-hydroxylation sites is 2. The lowest BCUT2D eigenvalue weighted by Crippen LogP contribution is -2.11. The van der Waals surface area contributed by atoms with Crippen molar-refractivity contribution in [3.05, 3.63) is 337 Å². The fourth-order valence-corrected chi connectivity index (χ4v) is 13.5. The molecule has 0 saturated heterocycles. The van der Waals surface area contributed by atoms with Crippen LogP contribution in [0.5, 0.6) is 0 Å². The van der Waals surface area contributed by atoms with E-state index >= 15 is 0 Å². The standard InChI is InChI=1S/C84H64N2/c1-57-36-40-59(41-37-57)44-46-61-48-52-66(53-49-61)85(64-21-5-3-6-22-64)79-35-19-34-75-78(79)56-63-20-9-10-25-68(63)80(75)81-69-26-11-13-28-71(69)82(72-29-14-12-27-70(72)81)83-73-30-15-17-32-76(73)84(77-33-18-16-31-74(77)83)86(65-23-7-4-8-24-65)67-54-50-62(51-55-67)47-45-60-42-38-58(2)39-43-60/h3-43,48-56H,44-47H2,1-2H3. The molecule has 2 nitrogen and oxygen atoms in total. The highest BCUT2D eigenvalue weighted by Crippen LogP contribution is 2.54. The van der Waals surface area contributed by atoms with Crippen molar-refractivity contribution in [2.45, 2.75) is 39.5 Å². The minimum absolute atomic E-state index is 0.978. The van der Waals surface area contributed by atoms with Crippen LogP contribution in [0.15, 0.2) is 303 Å². The van der Waals surface area contributed by atoms with E-state index in [2.05, 4.69) is 327 Å². The Hall–Kier alpha value is -10.5. The Morgan fingerprint density at radius 2 is 0.512 bits per heavy atom. The van der Waals surface area contributed by atoms with Gasteiger partial charge < -0.3 is 9.80 Å². The zero-order valence-corrected chi connectivity index (χ0v) is 48.6. The van der Waals surface area contributed by atoms with Crippen LogP contribution in [0, 0.1) is 13.8 Å². The highest BCUT2D eigenvalue weighted by atomic mass is 15.1. The highest BCUT2D eigenvalue weighted by Gasteiger charge is 2.27. The highest BCUT2D eigenvalue weighted by molar-refractivity contribution is 6.33. The van der Waals surface area contributed by atoms with Gasteiger partial charge in [0.25, 0.3) is 0 Å². The minimum atomic E-state index is 0.978. The molecule has 15 rings (SSSR count). The average Bonchev–Trinajstić information content (AvgIpc) is 0.982. The van der Waals surface area contributed by atoms with Gasteiger partial charge in [0.05, 0.1) is 11.4 Å². The first-order chi connectivity index (χ1) is 42.5. The largest absolute Gasteiger partial charge is 0.310 e. The molecule has 0 fully saturated rings. The van der Waals surface area contributed by atoms with Gasteiger partial charge in [-0.15, -0.1) is 0 Å². The Morgan fingerprint density at radius 3 is 0.942 bits per heavy atom. The Kier molecular flexibility index (Phi) is 13.7. The van der Waals surface area contributed by atoms with E-state index in [0.717, 1.165) is 54.1 Å². The first kappa shape index (κ1) is 52.3. The molecule has 0 heterocycles. The predicted molar refractivity (Wildman–Crippen MR) is 369 cm³/mol. The molecular formula is C84H64N2. The summed E-state index contributed by atoms with van der Waals surface area (Å²) in [5.41, 5.74) is 19.7. The third-order valence-corrected chi connectivity index (χ3v) is 17.7. The van der Waals surface area contributed by atoms with E-state index in [0.29, 0.717) is 0 Å². The molecule has 0 saturated carbocycles. The van der Waals surface area contributed by atoms with Crippen LogP contribution < -0.4 is 9.80 Å². The van der Waals surface area contributed by atoms with Gasteiger partial charge in [-0.2, -0.15) is 0 Å². The lowest BCUT2D eigenvalue weighted by atomic mass is 9.80. The second-order valence-electron chi connectivity index (χ2n) is 23.1. The molecule has 86 heavy (non-hydrogen) atoms. The van der Waals surface area contributed by atoms with Gasteiger partial charge in [0.15, 0.2) is 0 Å². The van der Waals surface area contributed by atoms with E-state index in [9.17, 15) is 0 Å². The predicted octanol–water partition coefficient (Wildman–Crippen LogP) is 23.1. The molecule has 15 aromatic carbocycles. The topological polar surface area (TPSA) is 6.48 Å². The average molecular weight is 1100 g/mol. The first-order valence-corrected chi connectivity index (χ1v) is 30.3. The molecule has 0 amide bonds.